The molecule has 0 heterocycles. The van der Waals surface area contributed by atoms with Gasteiger partial charge in [0.15, 0.2) is 0 Å². The molecule has 0 amide bonds. The zero-order valence-corrected chi connectivity index (χ0v) is 14.9. The molecule has 0 aliphatic heterocycles. The summed E-state index contributed by atoms with van der Waals surface area (Å²) in [4.78, 5) is 0. The van der Waals surface area contributed by atoms with Crippen LogP contribution < -0.4 is 0 Å². The lowest BCUT2D eigenvalue weighted by molar-refractivity contribution is -0.0565. The third-order valence-electron chi connectivity index (χ3n) is 7.66. The van der Waals surface area contributed by atoms with Crippen LogP contribution in [0.3, 0.4) is 0 Å². The van der Waals surface area contributed by atoms with Gasteiger partial charge in [-0.05, 0) is 73.5 Å². The molecule has 0 saturated heterocycles. The van der Waals surface area contributed by atoms with Crippen LogP contribution in [0.5, 0.6) is 0 Å². The van der Waals surface area contributed by atoms with Crippen LogP contribution in [0.25, 0.3) is 0 Å². The highest BCUT2D eigenvalue weighted by atomic mass is 16.3. The number of aliphatic hydroxyl groups is 2. The summed E-state index contributed by atoms with van der Waals surface area (Å²) in [6.07, 6.45) is 7.68. The van der Waals surface area contributed by atoms with Crippen LogP contribution in [-0.2, 0) is 0 Å². The summed E-state index contributed by atoms with van der Waals surface area (Å²) in [5.41, 5.74) is 4.09. The molecule has 126 valence electrons. The molecular weight excluding hydrogens is 272 g/mol. The fraction of sp³-hybridized carbons (Fsp3) is 0.900. The summed E-state index contributed by atoms with van der Waals surface area (Å²) >= 11 is 0. The highest BCUT2D eigenvalue weighted by Gasteiger charge is 2.50. The first-order valence-corrected chi connectivity index (χ1v) is 9.31. The molecule has 3 aliphatic rings. The Morgan fingerprint density at radius 1 is 1.09 bits per heavy atom. The van der Waals surface area contributed by atoms with Gasteiger partial charge in [0.1, 0.15) is 0 Å². The van der Waals surface area contributed by atoms with Gasteiger partial charge >= 0.3 is 0 Å². The molecule has 3 rings (SSSR count). The number of hydrogen-bond acceptors (Lipinski definition) is 2. The zero-order chi connectivity index (χ0) is 16.1. The molecule has 0 aromatic rings. The quantitative estimate of drug-likeness (QED) is 0.746. The molecule has 0 radical (unpaired) electrons. The van der Waals surface area contributed by atoms with Gasteiger partial charge in [0.05, 0.1) is 6.10 Å². The third-order valence-corrected chi connectivity index (χ3v) is 7.66. The first-order chi connectivity index (χ1) is 10.3. The molecule has 2 N–H and O–H groups in total. The molecule has 1 saturated carbocycles. The van der Waals surface area contributed by atoms with Gasteiger partial charge in [-0.3, -0.25) is 0 Å². The van der Waals surface area contributed by atoms with E-state index in [1.54, 1.807) is 11.1 Å². The van der Waals surface area contributed by atoms with E-state index in [0.29, 0.717) is 17.3 Å². The van der Waals surface area contributed by atoms with Crippen LogP contribution in [-0.4, -0.2) is 22.9 Å². The summed E-state index contributed by atoms with van der Waals surface area (Å²) in [6, 6.07) is 0. The highest BCUT2D eigenvalue weighted by molar-refractivity contribution is 5.31. The molecule has 1 fully saturated rings. The minimum absolute atomic E-state index is 0.193. The molecule has 0 aromatic heterocycles. The van der Waals surface area contributed by atoms with Crippen molar-refractivity contribution in [3.8, 4) is 0 Å². The minimum Gasteiger partial charge on any atom is -0.396 e. The Hall–Kier alpha value is -0.340. The normalized spacial score (nSPS) is 45.0. The van der Waals surface area contributed by atoms with Crippen molar-refractivity contribution in [2.24, 2.45) is 28.6 Å². The summed E-state index contributed by atoms with van der Waals surface area (Å²) in [5.74, 6) is 1.59. The molecule has 5 atom stereocenters. The molecule has 0 spiro atoms. The van der Waals surface area contributed by atoms with E-state index in [9.17, 15) is 10.2 Å². The molecule has 22 heavy (non-hydrogen) atoms. The standard InChI is InChI=1S/C20H34O2/c1-13-16-8-9-19(2,3)18(16)6-5-17(13)20(4)10-7-15(22)11-14(20)12-21/h13-15,17,21-22H,5-12H2,1-4H3/t13-,14+,15-,17-,20-/m0/s1. The largest absolute Gasteiger partial charge is 0.396 e. The summed E-state index contributed by atoms with van der Waals surface area (Å²) in [7, 11) is 0. The van der Waals surface area contributed by atoms with Crippen LogP contribution in [0.1, 0.15) is 72.6 Å². The monoisotopic (exact) mass is 306 g/mol. The number of allylic oxidation sites excluding steroid dienone is 2. The van der Waals surface area contributed by atoms with Crippen molar-refractivity contribution in [2.75, 3.05) is 6.61 Å². The zero-order valence-electron chi connectivity index (χ0n) is 14.9. The first-order valence-electron chi connectivity index (χ1n) is 9.31. The van der Waals surface area contributed by atoms with Gasteiger partial charge in [-0.2, -0.15) is 0 Å². The van der Waals surface area contributed by atoms with E-state index in [1.807, 2.05) is 0 Å². The Morgan fingerprint density at radius 2 is 1.82 bits per heavy atom. The molecule has 0 bridgehead atoms. The molecule has 2 nitrogen and oxygen atoms in total. The van der Waals surface area contributed by atoms with Crippen LogP contribution in [0, 0.1) is 28.6 Å². The van der Waals surface area contributed by atoms with Crippen molar-refractivity contribution in [1.82, 2.24) is 0 Å². The Kier molecular flexibility index (Phi) is 4.23. The second-order valence-electron chi connectivity index (χ2n) is 9.14. The lowest BCUT2D eigenvalue weighted by Gasteiger charge is -2.52. The second-order valence-corrected chi connectivity index (χ2v) is 9.14. The summed E-state index contributed by atoms with van der Waals surface area (Å²) in [5, 5.41) is 19.9. The lowest BCUT2D eigenvalue weighted by Crippen LogP contribution is -2.46. The van der Waals surface area contributed by atoms with E-state index in [0.717, 1.165) is 19.3 Å². The fourth-order valence-electron chi connectivity index (χ4n) is 6.05. The van der Waals surface area contributed by atoms with Crippen molar-refractivity contribution in [3.05, 3.63) is 11.1 Å². The van der Waals surface area contributed by atoms with Crippen LogP contribution in [0.4, 0.5) is 0 Å². The van der Waals surface area contributed by atoms with Gasteiger partial charge < -0.3 is 10.2 Å². The first kappa shape index (κ1) is 16.5. The molecular formula is C20H34O2. The van der Waals surface area contributed by atoms with Crippen LogP contribution in [0.15, 0.2) is 11.1 Å². The predicted molar refractivity (Wildman–Crippen MR) is 90.5 cm³/mol. The van der Waals surface area contributed by atoms with Gasteiger partial charge in [-0.15, -0.1) is 0 Å². The van der Waals surface area contributed by atoms with Crippen molar-refractivity contribution < 1.29 is 10.2 Å². The summed E-state index contributed by atoms with van der Waals surface area (Å²) in [6.45, 7) is 9.89. The van der Waals surface area contributed by atoms with Crippen molar-refractivity contribution >= 4 is 0 Å². The molecule has 0 unspecified atom stereocenters. The maximum absolute atomic E-state index is 10.0. The fourth-order valence-corrected chi connectivity index (χ4v) is 6.05. The average molecular weight is 306 g/mol. The molecule has 2 heteroatoms. The lowest BCUT2D eigenvalue weighted by atomic mass is 9.54. The number of hydrogen-bond donors (Lipinski definition) is 2. The highest BCUT2D eigenvalue weighted by Crippen LogP contribution is 2.58. The third kappa shape index (κ3) is 2.47. The van der Waals surface area contributed by atoms with E-state index in [1.165, 1.54) is 25.7 Å². The van der Waals surface area contributed by atoms with Crippen molar-refractivity contribution in [3.63, 3.8) is 0 Å². The van der Waals surface area contributed by atoms with Crippen molar-refractivity contribution in [1.29, 1.82) is 0 Å². The Balaban J connectivity index is 1.87. The predicted octanol–water partition coefficient (Wildman–Crippen LogP) is 4.31. The van der Waals surface area contributed by atoms with Gasteiger partial charge in [-0.25, -0.2) is 0 Å². The SMILES string of the molecule is C[C@H]1C2=C(CC[C@@H]1[C@@]1(C)CC[C@H](O)C[C@@H]1CO)C(C)(C)CC2. The maximum Gasteiger partial charge on any atom is 0.0544 e. The van der Waals surface area contributed by atoms with E-state index < -0.39 is 0 Å². The smallest absolute Gasteiger partial charge is 0.0544 e. The molecule has 0 aromatic carbocycles. The van der Waals surface area contributed by atoms with Crippen LogP contribution in [0.2, 0.25) is 0 Å². The molecule has 3 aliphatic carbocycles. The van der Waals surface area contributed by atoms with E-state index in [4.69, 9.17) is 0 Å². The summed E-state index contributed by atoms with van der Waals surface area (Å²) < 4.78 is 0. The van der Waals surface area contributed by atoms with Gasteiger partial charge in [0.25, 0.3) is 0 Å². The minimum atomic E-state index is -0.204. The topological polar surface area (TPSA) is 40.5 Å². The van der Waals surface area contributed by atoms with Gasteiger partial charge in [0.2, 0.25) is 0 Å². The number of aliphatic hydroxyl groups excluding tert-OH is 2. The van der Waals surface area contributed by atoms with E-state index in [-0.39, 0.29) is 24.0 Å². The average Bonchev–Trinajstić information content (AvgIpc) is 2.78. The van der Waals surface area contributed by atoms with Gasteiger partial charge in [0, 0.05) is 6.61 Å². The maximum atomic E-state index is 10.0. The van der Waals surface area contributed by atoms with Crippen LogP contribution >= 0.6 is 0 Å². The Morgan fingerprint density at radius 3 is 2.50 bits per heavy atom. The number of rotatable bonds is 2. The van der Waals surface area contributed by atoms with Gasteiger partial charge in [-0.1, -0.05) is 38.8 Å². The Labute approximate surface area is 136 Å². The second kappa shape index (κ2) is 5.63. The van der Waals surface area contributed by atoms with E-state index in [2.05, 4.69) is 27.7 Å². The van der Waals surface area contributed by atoms with E-state index >= 15 is 0 Å². The van der Waals surface area contributed by atoms with Crippen molar-refractivity contribution in [2.45, 2.75) is 78.7 Å². The Bertz CT molecular complexity index is 464.